The molecule has 0 aromatic rings. The molecule has 0 saturated heterocycles. The van der Waals surface area contributed by atoms with E-state index in [4.69, 9.17) is 0 Å². The second kappa shape index (κ2) is 8.51. The van der Waals surface area contributed by atoms with Gasteiger partial charge in [0.15, 0.2) is 7.96 Å². The predicted molar refractivity (Wildman–Crippen MR) is 127 cm³/mol. The third kappa shape index (κ3) is 3.79. The van der Waals surface area contributed by atoms with E-state index < -0.39 is 13.9 Å². The molecule has 0 heterocycles. The maximum Gasteiger partial charge on any atom is 0.199 e. The molecule has 25 heavy (non-hydrogen) atoms. The van der Waals surface area contributed by atoms with Crippen LogP contribution in [0.3, 0.4) is 0 Å². The van der Waals surface area contributed by atoms with Crippen LogP contribution in [0.15, 0.2) is 48.6 Å². The zero-order valence-corrected chi connectivity index (χ0v) is 20.3. The molecule has 2 rings (SSSR count). The number of rotatable bonds is 8. The molecule has 0 spiro atoms. The second-order valence-corrected chi connectivity index (χ2v) is 24.6. The van der Waals surface area contributed by atoms with E-state index in [-0.39, 0.29) is 0 Å². The summed E-state index contributed by atoms with van der Waals surface area (Å²) in [7, 11) is 1.16. The molecule has 3 heteroatoms. The highest BCUT2D eigenvalue weighted by Gasteiger charge is 2.64. The first-order chi connectivity index (χ1) is 11.7. The van der Waals surface area contributed by atoms with Gasteiger partial charge in [-0.1, -0.05) is 24.3 Å². The summed E-state index contributed by atoms with van der Waals surface area (Å²) in [4.78, 5) is 0. The van der Waals surface area contributed by atoms with Crippen LogP contribution >= 0.6 is 21.9 Å². The molecule has 0 aliphatic heterocycles. The molecule has 0 aromatic carbocycles. The van der Waals surface area contributed by atoms with E-state index in [0.717, 1.165) is 30.6 Å². The summed E-state index contributed by atoms with van der Waals surface area (Å²) in [6.45, 7) is 17.9. The SMILES string of the molecule is CC(C)[P+](P[P+](C(C)C)(C(C)C)C1C=CC=C1)(C(C)C)C1C=CC=C1. The van der Waals surface area contributed by atoms with Gasteiger partial charge >= 0.3 is 0 Å². The van der Waals surface area contributed by atoms with Gasteiger partial charge in [0.25, 0.3) is 0 Å². The third-order valence-corrected chi connectivity index (χ3v) is 32.7. The van der Waals surface area contributed by atoms with Gasteiger partial charge in [0, 0.05) is 0 Å². The number of hydrogen-bond donors (Lipinski definition) is 0. The van der Waals surface area contributed by atoms with Crippen molar-refractivity contribution in [1.82, 2.24) is 0 Å². The predicted octanol–water partition coefficient (Wildman–Crippen LogP) is 8.15. The Hall–Kier alpha value is 0.250. The molecule has 0 fully saturated rings. The van der Waals surface area contributed by atoms with Crippen molar-refractivity contribution in [3.63, 3.8) is 0 Å². The topological polar surface area (TPSA) is 0 Å². The van der Waals surface area contributed by atoms with Crippen molar-refractivity contribution < 1.29 is 0 Å². The minimum absolute atomic E-state index is 0.706. The van der Waals surface area contributed by atoms with Crippen molar-refractivity contribution in [3.05, 3.63) is 48.6 Å². The molecule has 0 unspecified atom stereocenters. The standard InChI is InChI=1S/C22H39P3/c1-17(2)24(18(3)4,21-13-9-10-14-21)23-25(19(5)6,20(7)8)22-15-11-12-16-22/h9-23H,1-8H3/q+2. The van der Waals surface area contributed by atoms with Gasteiger partial charge < -0.3 is 0 Å². The first-order valence-corrected chi connectivity index (χ1v) is 16.6. The van der Waals surface area contributed by atoms with E-state index in [1.165, 1.54) is 0 Å². The van der Waals surface area contributed by atoms with Gasteiger partial charge in [0.1, 0.15) is 11.3 Å². The lowest BCUT2D eigenvalue weighted by Crippen LogP contribution is -2.26. The van der Waals surface area contributed by atoms with Gasteiger partial charge in [0.05, 0.1) is 36.5 Å². The lowest BCUT2D eigenvalue weighted by atomic mass is 10.5. The highest BCUT2D eigenvalue weighted by molar-refractivity contribution is 8.63. The van der Waals surface area contributed by atoms with Crippen molar-refractivity contribution in [3.8, 4) is 0 Å². The Morgan fingerprint density at radius 3 is 0.960 bits per heavy atom. The van der Waals surface area contributed by atoms with Crippen LogP contribution in [0.1, 0.15) is 55.4 Å². The van der Waals surface area contributed by atoms with E-state index in [2.05, 4.69) is 104 Å². The zero-order chi connectivity index (χ0) is 18.8. The Labute approximate surface area is 160 Å². The smallest absolute Gasteiger partial charge is 0.0622 e. The zero-order valence-electron chi connectivity index (χ0n) is 17.5. The van der Waals surface area contributed by atoms with Crippen molar-refractivity contribution in [1.29, 1.82) is 0 Å². The average Bonchev–Trinajstić information content (AvgIpc) is 3.20. The summed E-state index contributed by atoms with van der Waals surface area (Å²) in [5.74, 6) is 0. The van der Waals surface area contributed by atoms with Gasteiger partial charge in [-0.15, -0.1) is 0 Å². The van der Waals surface area contributed by atoms with Gasteiger partial charge in [-0.05, 0) is 79.7 Å². The molecule has 0 saturated carbocycles. The van der Waals surface area contributed by atoms with E-state index in [9.17, 15) is 0 Å². The Bertz CT molecular complexity index is 474. The fourth-order valence-electron chi connectivity index (χ4n) is 4.87. The monoisotopic (exact) mass is 396 g/mol. The van der Waals surface area contributed by atoms with Crippen molar-refractivity contribution >= 4 is 21.9 Å². The number of allylic oxidation sites excluding steroid dienone is 8. The summed E-state index contributed by atoms with van der Waals surface area (Å²) >= 11 is 0. The molecule has 2 aliphatic carbocycles. The molecule has 0 amide bonds. The van der Waals surface area contributed by atoms with Crippen LogP contribution in [0.25, 0.3) is 0 Å². The molecule has 0 nitrogen and oxygen atoms in total. The molecular formula is C22H39P3+2. The molecule has 2 aliphatic rings. The van der Waals surface area contributed by atoms with Gasteiger partial charge in [-0.2, -0.15) is 0 Å². The maximum atomic E-state index is 2.52. The van der Waals surface area contributed by atoms with Gasteiger partial charge in [-0.3, -0.25) is 0 Å². The summed E-state index contributed by atoms with van der Waals surface area (Å²) in [6, 6.07) is 0. The van der Waals surface area contributed by atoms with Crippen LogP contribution < -0.4 is 0 Å². The Kier molecular flexibility index (Phi) is 7.33. The fraction of sp³-hybridized carbons (Fsp3) is 0.636. The average molecular weight is 396 g/mol. The summed E-state index contributed by atoms with van der Waals surface area (Å²) in [5.41, 5.74) is 4.61. The Balaban J connectivity index is 2.59. The second-order valence-electron chi connectivity index (χ2n) is 8.66. The van der Waals surface area contributed by atoms with Crippen LogP contribution in [0, 0.1) is 0 Å². The first-order valence-electron chi connectivity index (χ1n) is 9.95. The minimum Gasteiger partial charge on any atom is -0.0622 e. The normalized spacial score (nSPS) is 19.0. The van der Waals surface area contributed by atoms with Crippen LogP contribution in [-0.2, 0) is 0 Å². The van der Waals surface area contributed by atoms with E-state index in [1.54, 1.807) is 0 Å². The van der Waals surface area contributed by atoms with Crippen molar-refractivity contribution in [2.45, 2.75) is 89.3 Å². The highest BCUT2D eigenvalue weighted by atomic mass is 32.5. The van der Waals surface area contributed by atoms with E-state index in [1.807, 2.05) is 0 Å². The number of hydrogen-bond acceptors (Lipinski definition) is 0. The van der Waals surface area contributed by atoms with Crippen LogP contribution in [-0.4, -0.2) is 34.0 Å². The molecule has 140 valence electrons. The molecule has 0 aromatic heterocycles. The van der Waals surface area contributed by atoms with E-state index in [0.29, 0.717) is 11.3 Å². The Morgan fingerprint density at radius 2 is 0.760 bits per heavy atom. The molecule has 0 radical (unpaired) electrons. The molecule has 0 N–H and O–H groups in total. The van der Waals surface area contributed by atoms with Crippen molar-refractivity contribution in [2.24, 2.45) is 0 Å². The summed E-state index contributed by atoms with van der Waals surface area (Å²) in [5, 5.41) is 0. The van der Waals surface area contributed by atoms with Gasteiger partial charge in [0.2, 0.25) is 0 Å². The minimum atomic E-state index is -1.13. The van der Waals surface area contributed by atoms with Gasteiger partial charge in [-0.25, -0.2) is 0 Å². The fourth-order valence-corrected chi connectivity index (χ4v) is 35.9. The van der Waals surface area contributed by atoms with Crippen molar-refractivity contribution in [2.75, 3.05) is 0 Å². The molecular weight excluding hydrogens is 357 g/mol. The summed E-state index contributed by atoms with van der Waals surface area (Å²) in [6.07, 6.45) is 19.3. The van der Waals surface area contributed by atoms with Crippen LogP contribution in [0.2, 0.25) is 0 Å². The lowest BCUT2D eigenvalue weighted by molar-refractivity contribution is 0.979. The lowest BCUT2D eigenvalue weighted by Gasteiger charge is -2.45. The van der Waals surface area contributed by atoms with Crippen LogP contribution in [0.5, 0.6) is 0 Å². The maximum absolute atomic E-state index is 2.52. The Morgan fingerprint density at radius 1 is 0.520 bits per heavy atom. The first kappa shape index (κ1) is 21.5. The third-order valence-electron chi connectivity index (χ3n) is 6.21. The summed E-state index contributed by atoms with van der Waals surface area (Å²) < 4.78 is 0. The van der Waals surface area contributed by atoms with E-state index >= 15 is 0 Å². The molecule has 0 atom stereocenters. The largest absolute Gasteiger partial charge is 0.199 e. The quantitative estimate of drug-likeness (QED) is 0.363. The molecule has 0 bridgehead atoms. The highest BCUT2D eigenvalue weighted by Crippen LogP contribution is 3.01. The van der Waals surface area contributed by atoms with Crippen LogP contribution in [0.4, 0.5) is 0 Å².